The quantitative estimate of drug-likeness (QED) is 0.268. The molecule has 1 amide bonds. The number of guanidine groups is 1. The molecule has 0 spiro atoms. The third-order valence-corrected chi connectivity index (χ3v) is 4.03. The predicted molar refractivity (Wildman–Crippen MR) is 123 cm³/mol. The zero-order valence-corrected chi connectivity index (χ0v) is 19.5. The SMILES string of the molecule is CCNC(=NCc1cccc(C(=O)NC)c1)NCCC(OCC)C(C)C.I. The van der Waals surface area contributed by atoms with E-state index in [1.807, 2.05) is 32.0 Å². The molecule has 7 heteroatoms. The van der Waals surface area contributed by atoms with Gasteiger partial charge in [0, 0.05) is 32.3 Å². The summed E-state index contributed by atoms with van der Waals surface area (Å²) >= 11 is 0. The summed E-state index contributed by atoms with van der Waals surface area (Å²) in [6.45, 7) is 11.3. The fraction of sp³-hybridized carbons (Fsp3) is 0.600. The van der Waals surface area contributed by atoms with E-state index < -0.39 is 0 Å². The first-order valence-electron chi connectivity index (χ1n) is 9.46. The zero-order chi connectivity index (χ0) is 19.4. The Morgan fingerprint density at radius 2 is 1.96 bits per heavy atom. The van der Waals surface area contributed by atoms with Gasteiger partial charge in [0.1, 0.15) is 0 Å². The molecule has 1 unspecified atom stereocenters. The average molecular weight is 490 g/mol. The van der Waals surface area contributed by atoms with Crippen LogP contribution < -0.4 is 16.0 Å². The second kappa shape index (κ2) is 14.7. The van der Waals surface area contributed by atoms with Crippen LogP contribution in [-0.2, 0) is 11.3 Å². The topological polar surface area (TPSA) is 74.8 Å². The summed E-state index contributed by atoms with van der Waals surface area (Å²) in [4.78, 5) is 16.4. The van der Waals surface area contributed by atoms with Gasteiger partial charge in [-0.15, -0.1) is 24.0 Å². The number of halogens is 1. The number of nitrogens with zero attached hydrogens (tertiary/aromatic N) is 1. The number of ether oxygens (including phenoxy) is 1. The molecule has 0 fully saturated rings. The first-order valence-corrected chi connectivity index (χ1v) is 9.46. The van der Waals surface area contributed by atoms with Crippen LogP contribution in [0.25, 0.3) is 0 Å². The Morgan fingerprint density at radius 3 is 2.56 bits per heavy atom. The van der Waals surface area contributed by atoms with Gasteiger partial charge in [-0.3, -0.25) is 4.79 Å². The summed E-state index contributed by atoms with van der Waals surface area (Å²) in [5, 5.41) is 9.26. The Balaban J connectivity index is 0.00000676. The van der Waals surface area contributed by atoms with Gasteiger partial charge in [0.05, 0.1) is 12.6 Å². The van der Waals surface area contributed by atoms with Crippen molar-refractivity contribution in [2.45, 2.75) is 46.8 Å². The predicted octanol–water partition coefficient (Wildman–Crippen LogP) is 3.17. The van der Waals surface area contributed by atoms with E-state index in [9.17, 15) is 4.79 Å². The molecular formula is C20H35IN4O2. The van der Waals surface area contributed by atoms with Crippen molar-refractivity contribution in [2.24, 2.45) is 10.9 Å². The van der Waals surface area contributed by atoms with Crippen molar-refractivity contribution in [1.29, 1.82) is 0 Å². The summed E-state index contributed by atoms with van der Waals surface area (Å²) in [6, 6.07) is 7.53. The minimum Gasteiger partial charge on any atom is -0.378 e. The molecule has 1 aromatic carbocycles. The van der Waals surface area contributed by atoms with E-state index in [-0.39, 0.29) is 36.0 Å². The first kappa shape index (κ1) is 25.6. The van der Waals surface area contributed by atoms with Crippen molar-refractivity contribution >= 4 is 35.8 Å². The van der Waals surface area contributed by atoms with Crippen LogP contribution >= 0.6 is 24.0 Å². The van der Waals surface area contributed by atoms with Gasteiger partial charge in [0.15, 0.2) is 5.96 Å². The lowest BCUT2D eigenvalue weighted by atomic mass is 10.0. The minimum absolute atomic E-state index is 0. The Labute approximate surface area is 181 Å². The highest BCUT2D eigenvalue weighted by molar-refractivity contribution is 14.0. The Morgan fingerprint density at radius 1 is 1.22 bits per heavy atom. The number of hydrogen-bond donors (Lipinski definition) is 3. The van der Waals surface area contributed by atoms with Crippen LogP contribution in [0.5, 0.6) is 0 Å². The molecule has 3 N–H and O–H groups in total. The molecule has 6 nitrogen and oxygen atoms in total. The van der Waals surface area contributed by atoms with Crippen LogP contribution in [0, 0.1) is 5.92 Å². The van der Waals surface area contributed by atoms with E-state index in [4.69, 9.17) is 4.74 Å². The third kappa shape index (κ3) is 9.95. The van der Waals surface area contributed by atoms with Gasteiger partial charge in [-0.25, -0.2) is 4.99 Å². The van der Waals surface area contributed by atoms with E-state index in [0.717, 1.165) is 37.6 Å². The highest BCUT2D eigenvalue weighted by atomic mass is 127. The summed E-state index contributed by atoms with van der Waals surface area (Å²) in [7, 11) is 1.63. The summed E-state index contributed by atoms with van der Waals surface area (Å²) in [6.07, 6.45) is 1.18. The monoisotopic (exact) mass is 490 g/mol. The molecule has 0 saturated carbocycles. The maximum absolute atomic E-state index is 11.7. The van der Waals surface area contributed by atoms with Gasteiger partial charge < -0.3 is 20.7 Å². The molecule has 0 bridgehead atoms. The van der Waals surface area contributed by atoms with Gasteiger partial charge in [0.2, 0.25) is 0 Å². The van der Waals surface area contributed by atoms with Gasteiger partial charge in [-0.1, -0.05) is 26.0 Å². The molecule has 1 aromatic rings. The van der Waals surface area contributed by atoms with Crippen molar-refractivity contribution < 1.29 is 9.53 Å². The van der Waals surface area contributed by atoms with Crippen LogP contribution in [0.2, 0.25) is 0 Å². The Bertz CT molecular complexity index is 579. The number of benzene rings is 1. The van der Waals surface area contributed by atoms with Crippen molar-refractivity contribution in [3.8, 4) is 0 Å². The number of nitrogens with one attached hydrogen (secondary N) is 3. The number of rotatable bonds is 10. The highest BCUT2D eigenvalue weighted by Gasteiger charge is 2.13. The maximum atomic E-state index is 11.7. The number of amides is 1. The molecule has 0 aliphatic heterocycles. The Kier molecular flexibility index (Phi) is 13.9. The van der Waals surface area contributed by atoms with Crippen molar-refractivity contribution in [2.75, 3.05) is 26.7 Å². The van der Waals surface area contributed by atoms with E-state index >= 15 is 0 Å². The van der Waals surface area contributed by atoms with Crippen LogP contribution in [0.15, 0.2) is 29.3 Å². The second-order valence-corrected chi connectivity index (χ2v) is 6.43. The zero-order valence-electron chi connectivity index (χ0n) is 17.2. The third-order valence-electron chi connectivity index (χ3n) is 4.03. The summed E-state index contributed by atoms with van der Waals surface area (Å²) in [5.41, 5.74) is 1.65. The standard InChI is InChI=1S/C20H34N4O2.HI/c1-6-22-20(23-12-11-18(15(3)4)26-7-2)24-14-16-9-8-10-17(13-16)19(25)21-5;/h8-10,13,15,18H,6-7,11-12,14H2,1-5H3,(H,21,25)(H2,22,23,24);1H. The van der Waals surface area contributed by atoms with Crippen molar-refractivity contribution in [3.63, 3.8) is 0 Å². The summed E-state index contributed by atoms with van der Waals surface area (Å²) < 4.78 is 5.78. The lowest BCUT2D eigenvalue weighted by molar-refractivity contribution is 0.0258. The van der Waals surface area contributed by atoms with Crippen LogP contribution in [-0.4, -0.2) is 44.7 Å². The van der Waals surface area contributed by atoms with E-state index in [0.29, 0.717) is 18.0 Å². The molecule has 0 saturated heterocycles. The fourth-order valence-electron chi connectivity index (χ4n) is 2.62. The number of carbonyl (C=O) groups is 1. The summed E-state index contributed by atoms with van der Waals surface area (Å²) in [5.74, 6) is 1.18. The molecule has 0 radical (unpaired) electrons. The smallest absolute Gasteiger partial charge is 0.251 e. The molecule has 0 aliphatic rings. The van der Waals surface area contributed by atoms with Gasteiger partial charge in [0.25, 0.3) is 5.91 Å². The molecule has 154 valence electrons. The van der Waals surface area contributed by atoms with Crippen molar-refractivity contribution in [1.82, 2.24) is 16.0 Å². The normalized spacial score (nSPS) is 12.3. The number of carbonyl (C=O) groups excluding carboxylic acids is 1. The lowest BCUT2D eigenvalue weighted by Gasteiger charge is -2.21. The van der Waals surface area contributed by atoms with Crippen LogP contribution in [0.4, 0.5) is 0 Å². The van der Waals surface area contributed by atoms with Gasteiger partial charge >= 0.3 is 0 Å². The largest absolute Gasteiger partial charge is 0.378 e. The van der Waals surface area contributed by atoms with E-state index in [2.05, 4.69) is 34.8 Å². The number of hydrogen-bond acceptors (Lipinski definition) is 3. The molecule has 1 rings (SSSR count). The Hall–Kier alpha value is -1.35. The molecular weight excluding hydrogens is 455 g/mol. The molecule has 27 heavy (non-hydrogen) atoms. The molecule has 0 heterocycles. The molecule has 1 atom stereocenters. The fourth-order valence-corrected chi connectivity index (χ4v) is 2.62. The first-order chi connectivity index (χ1) is 12.5. The maximum Gasteiger partial charge on any atom is 0.251 e. The minimum atomic E-state index is -0.0866. The van der Waals surface area contributed by atoms with Gasteiger partial charge in [-0.05, 0) is 43.9 Å². The van der Waals surface area contributed by atoms with Crippen molar-refractivity contribution in [3.05, 3.63) is 35.4 Å². The van der Waals surface area contributed by atoms with Crippen LogP contribution in [0.3, 0.4) is 0 Å². The second-order valence-electron chi connectivity index (χ2n) is 6.43. The molecule has 0 aliphatic carbocycles. The average Bonchev–Trinajstić information content (AvgIpc) is 2.64. The van der Waals surface area contributed by atoms with E-state index in [1.54, 1.807) is 13.1 Å². The lowest BCUT2D eigenvalue weighted by Crippen LogP contribution is -2.39. The van der Waals surface area contributed by atoms with Gasteiger partial charge in [-0.2, -0.15) is 0 Å². The highest BCUT2D eigenvalue weighted by Crippen LogP contribution is 2.10. The molecule has 0 aromatic heterocycles. The van der Waals surface area contributed by atoms with Crippen LogP contribution in [0.1, 0.15) is 50.0 Å². The van der Waals surface area contributed by atoms with E-state index in [1.165, 1.54) is 0 Å². The number of aliphatic imine (C=N–C) groups is 1.